The van der Waals surface area contributed by atoms with Crippen molar-refractivity contribution in [3.63, 3.8) is 0 Å². The van der Waals surface area contributed by atoms with E-state index in [4.69, 9.17) is 0 Å². The molecule has 0 amide bonds. The van der Waals surface area contributed by atoms with Crippen molar-refractivity contribution < 1.29 is 4.79 Å². The fourth-order valence-corrected chi connectivity index (χ4v) is 3.14. The molecule has 70 valence electrons. The summed E-state index contributed by atoms with van der Waals surface area (Å²) < 4.78 is 0. The molecule has 3 atom stereocenters. The number of Topliss-reactive ketones (excluding diaryl/α,β-unsaturated/α-hetero) is 1. The van der Waals surface area contributed by atoms with Crippen molar-refractivity contribution in [2.24, 2.45) is 5.92 Å². The van der Waals surface area contributed by atoms with Gasteiger partial charge in [0.25, 0.3) is 0 Å². The summed E-state index contributed by atoms with van der Waals surface area (Å²) in [6.07, 6.45) is 3.97. The van der Waals surface area contributed by atoms with Crippen LogP contribution in [0.1, 0.15) is 40.0 Å². The van der Waals surface area contributed by atoms with Crippen LogP contribution >= 0.6 is 11.8 Å². The van der Waals surface area contributed by atoms with Crippen LogP contribution in [-0.2, 0) is 4.79 Å². The molecule has 0 aliphatic heterocycles. The monoisotopic (exact) mass is 186 g/mol. The molecule has 0 spiro atoms. The minimum atomic E-state index is 0.209. The molecular formula is C10H18OS. The molecule has 1 saturated carbocycles. The SMILES string of the molecule is CC(=O)C(C)SC1CCC(C)C1. The van der Waals surface area contributed by atoms with Gasteiger partial charge in [-0.05, 0) is 39.0 Å². The summed E-state index contributed by atoms with van der Waals surface area (Å²) in [5.41, 5.74) is 0. The number of thioether (sulfide) groups is 1. The first-order valence-corrected chi connectivity index (χ1v) is 5.69. The van der Waals surface area contributed by atoms with Gasteiger partial charge in [-0.2, -0.15) is 0 Å². The summed E-state index contributed by atoms with van der Waals surface area (Å²) in [7, 11) is 0. The maximum Gasteiger partial charge on any atom is 0.142 e. The zero-order chi connectivity index (χ0) is 9.14. The van der Waals surface area contributed by atoms with Crippen LogP contribution in [0, 0.1) is 5.92 Å². The lowest BCUT2D eigenvalue weighted by Crippen LogP contribution is -2.12. The van der Waals surface area contributed by atoms with Gasteiger partial charge in [0.15, 0.2) is 0 Å². The first-order valence-electron chi connectivity index (χ1n) is 4.75. The fraction of sp³-hybridized carbons (Fsp3) is 0.900. The number of ketones is 1. The van der Waals surface area contributed by atoms with Crippen molar-refractivity contribution in [2.75, 3.05) is 0 Å². The molecule has 0 radical (unpaired) electrons. The highest BCUT2D eigenvalue weighted by Gasteiger charge is 2.24. The van der Waals surface area contributed by atoms with Crippen LogP contribution in [-0.4, -0.2) is 16.3 Å². The Hall–Kier alpha value is 0.0200. The zero-order valence-corrected chi connectivity index (χ0v) is 8.99. The van der Waals surface area contributed by atoms with Gasteiger partial charge in [0.05, 0.1) is 5.25 Å². The molecule has 0 bridgehead atoms. The van der Waals surface area contributed by atoms with Crippen molar-refractivity contribution in [3.05, 3.63) is 0 Å². The lowest BCUT2D eigenvalue weighted by molar-refractivity contribution is -0.116. The Kier molecular flexibility index (Phi) is 3.63. The number of rotatable bonds is 3. The average Bonchev–Trinajstić information content (AvgIpc) is 2.35. The van der Waals surface area contributed by atoms with Crippen molar-refractivity contribution in [1.82, 2.24) is 0 Å². The van der Waals surface area contributed by atoms with Gasteiger partial charge in [0.2, 0.25) is 0 Å². The molecule has 2 heteroatoms. The Morgan fingerprint density at radius 2 is 2.17 bits per heavy atom. The smallest absolute Gasteiger partial charge is 0.142 e. The van der Waals surface area contributed by atoms with Gasteiger partial charge in [0, 0.05) is 5.25 Å². The predicted molar refractivity (Wildman–Crippen MR) is 54.5 cm³/mol. The third kappa shape index (κ3) is 2.81. The lowest BCUT2D eigenvalue weighted by Gasteiger charge is -2.13. The molecule has 0 aromatic heterocycles. The Morgan fingerprint density at radius 3 is 2.58 bits per heavy atom. The summed E-state index contributed by atoms with van der Waals surface area (Å²) in [5.74, 6) is 1.20. The molecule has 3 unspecified atom stereocenters. The third-order valence-electron chi connectivity index (χ3n) is 2.62. The highest BCUT2D eigenvalue weighted by Crippen LogP contribution is 2.35. The van der Waals surface area contributed by atoms with Crippen molar-refractivity contribution in [2.45, 2.75) is 50.5 Å². The molecule has 1 aliphatic rings. The standard InChI is InChI=1S/C10H18OS/c1-7-4-5-10(6-7)12-9(3)8(2)11/h7,9-10H,4-6H2,1-3H3. The summed E-state index contributed by atoms with van der Waals surface area (Å²) in [6.45, 7) is 6.02. The second kappa shape index (κ2) is 4.31. The summed E-state index contributed by atoms with van der Waals surface area (Å²) >= 11 is 1.87. The molecule has 0 N–H and O–H groups in total. The van der Waals surface area contributed by atoms with Crippen molar-refractivity contribution in [1.29, 1.82) is 0 Å². The van der Waals surface area contributed by atoms with E-state index in [1.807, 2.05) is 18.7 Å². The molecule has 1 fully saturated rings. The summed E-state index contributed by atoms with van der Waals surface area (Å²) in [6, 6.07) is 0. The molecular weight excluding hydrogens is 168 g/mol. The van der Waals surface area contributed by atoms with Crippen LogP contribution in [0.5, 0.6) is 0 Å². The van der Waals surface area contributed by atoms with Crippen LogP contribution in [0.15, 0.2) is 0 Å². The Labute approximate surface area is 79.3 Å². The summed E-state index contributed by atoms with van der Waals surface area (Å²) in [4.78, 5) is 11.0. The van der Waals surface area contributed by atoms with E-state index in [9.17, 15) is 4.79 Å². The molecule has 0 saturated heterocycles. The van der Waals surface area contributed by atoms with Crippen LogP contribution in [0.3, 0.4) is 0 Å². The van der Waals surface area contributed by atoms with Crippen LogP contribution < -0.4 is 0 Å². The second-order valence-corrected chi connectivity index (χ2v) is 5.58. The van der Waals surface area contributed by atoms with E-state index in [-0.39, 0.29) is 5.25 Å². The quantitative estimate of drug-likeness (QED) is 0.674. The predicted octanol–water partition coefficient (Wildman–Crippen LogP) is 2.89. The molecule has 1 nitrogen and oxygen atoms in total. The zero-order valence-electron chi connectivity index (χ0n) is 8.17. The van der Waals surface area contributed by atoms with Gasteiger partial charge in [0.1, 0.15) is 5.78 Å². The van der Waals surface area contributed by atoms with E-state index < -0.39 is 0 Å². The first-order chi connectivity index (χ1) is 5.59. The average molecular weight is 186 g/mol. The van der Waals surface area contributed by atoms with E-state index in [1.54, 1.807) is 6.92 Å². The molecule has 0 aromatic rings. The molecule has 0 heterocycles. The van der Waals surface area contributed by atoms with E-state index in [1.165, 1.54) is 19.3 Å². The van der Waals surface area contributed by atoms with Gasteiger partial charge in [-0.25, -0.2) is 0 Å². The van der Waals surface area contributed by atoms with E-state index in [2.05, 4.69) is 6.92 Å². The maximum absolute atomic E-state index is 11.0. The van der Waals surface area contributed by atoms with Gasteiger partial charge in [-0.3, -0.25) is 4.79 Å². The van der Waals surface area contributed by atoms with Gasteiger partial charge in [-0.15, -0.1) is 11.8 Å². The third-order valence-corrected chi connectivity index (χ3v) is 4.17. The maximum atomic E-state index is 11.0. The van der Waals surface area contributed by atoms with E-state index in [0.717, 1.165) is 11.2 Å². The van der Waals surface area contributed by atoms with Crippen molar-refractivity contribution >= 4 is 17.5 Å². The molecule has 1 rings (SSSR count). The molecule has 12 heavy (non-hydrogen) atoms. The highest BCUT2D eigenvalue weighted by molar-refractivity contribution is 8.01. The van der Waals surface area contributed by atoms with Crippen molar-refractivity contribution in [3.8, 4) is 0 Å². The minimum Gasteiger partial charge on any atom is -0.299 e. The minimum absolute atomic E-state index is 0.209. The van der Waals surface area contributed by atoms with Crippen LogP contribution in [0.2, 0.25) is 0 Å². The van der Waals surface area contributed by atoms with E-state index in [0.29, 0.717) is 5.78 Å². The summed E-state index contributed by atoms with van der Waals surface area (Å²) in [5, 5.41) is 0.958. The van der Waals surface area contributed by atoms with Crippen LogP contribution in [0.4, 0.5) is 0 Å². The number of carbonyl (C=O) groups excluding carboxylic acids is 1. The molecule has 1 aliphatic carbocycles. The fourth-order valence-electron chi connectivity index (χ4n) is 1.66. The van der Waals surface area contributed by atoms with E-state index >= 15 is 0 Å². The normalized spacial score (nSPS) is 31.9. The van der Waals surface area contributed by atoms with Gasteiger partial charge in [-0.1, -0.05) is 6.92 Å². The lowest BCUT2D eigenvalue weighted by atomic mass is 10.1. The molecule has 0 aromatic carbocycles. The number of hydrogen-bond donors (Lipinski definition) is 0. The van der Waals surface area contributed by atoms with Crippen LogP contribution in [0.25, 0.3) is 0 Å². The largest absolute Gasteiger partial charge is 0.299 e. The Balaban J connectivity index is 2.27. The first kappa shape index (κ1) is 10.1. The number of carbonyl (C=O) groups is 1. The van der Waals surface area contributed by atoms with Gasteiger partial charge < -0.3 is 0 Å². The number of hydrogen-bond acceptors (Lipinski definition) is 2. The Bertz CT molecular complexity index is 167. The van der Waals surface area contributed by atoms with Gasteiger partial charge >= 0.3 is 0 Å². The highest BCUT2D eigenvalue weighted by atomic mass is 32.2. The second-order valence-electron chi connectivity index (χ2n) is 3.93. The topological polar surface area (TPSA) is 17.1 Å². The Morgan fingerprint density at radius 1 is 1.50 bits per heavy atom.